The Bertz CT molecular complexity index is 892. The summed E-state index contributed by atoms with van der Waals surface area (Å²) in [5, 5.41) is 9.70. The maximum Gasteiger partial charge on any atom is 0.350 e. The summed E-state index contributed by atoms with van der Waals surface area (Å²) >= 11 is 0. The first-order chi connectivity index (χ1) is 14.0. The predicted octanol–water partition coefficient (Wildman–Crippen LogP) is 3.08. The van der Waals surface area contributed by atoms with Crippen molar-refractivity contribution >= 4 is 17.3 Å². The molecule has 1 aliphatic heterocycles. The van der Waals surface area contributed by atoms with Crippen LogP contribution in [0, 0.1) is 35.3 Å². The van der Waals surface area contributed by atoms with Crippen molar-refractivity contribution in [2.75, 3.05) is 32.8 Å². The third kappa shape index (κ3) is 3.95. The lowest BCUT2D eigenvalue weighted by Gasteiger charge is -2.33. The van der Waals surface area contributed by atoms with Crippen molar-refractivity contribution in [3.8, 4) is 11.8 Å². The molecular formula is C23H23F2N2O2+. The number of benzene rings is 2. The van der Waals surface area contributed by atoms with Crippen molar-refractivity contribution in [3.05, 3.63) is 60.2 Å². The Morgan fingerprint density at radius 1 is 0.966 bits per heavy atom. The molecule has 6 heteroatoms. The highest BCUT2D eigenvalue weighted by Gasteiger charge is 2.44. The van der Waals surface area contributed by atoms with Gasteiger partial charge in [-0.15, -0.1) is 0 Å². The van der Waals surface area contributed by atoms with E-state index >= 15 is 0 Å². The maximum absolute atomic E-state index is 13.5. The second-order valence-corrected chi connectivity index (χ2v) is 7.78. The number of hydrogen-bond acceptors (Lipinski definition) is 3. The smallest absolute Gasteiger partial charge is 0.350 e. The molecule has 1 saturated heterocycles. The number of halogens is 2. The van der Waals surface area contributed by atoms with Gasteiger partial charge in [0, 0.05) is 37.4 Å². The first kappa shape index (κ1) is 19.7. The number of hydrogen-bond donors (Lipinski definition) is 1. The SMILES string of the molecule is O=C(CO)[N+](CC#CCN1C[C@H]2C[C@H]2C1)(c1ccc(F)cc1)c1ccc(F)cc1. The monoisotopic (exact) mass is 397 g/mol. The molecule has 1 heterocycles. The van der Waals surface area contributed by atoms with Crippen LogP contribution < -0.4 is 4.48 Å². The summed E-state index contributed by atoms with van der Waals surface area (Å²) in [5.41, 5.74) is 0.933. The minimum Gasteiger partial charge on any atom is -0.382 e. The van der Waals surface area contributed by atoms with E-state index in [9.17, 15) is 18.7 Å². The highest BCUT2D eigenvalue weighted by atomic mass is 19.1. The van der Waals surface area contributed by atoms with Gasteiger partial charge in [0.25, 0.3) is 0 Å². The molecule has 0 spiro atoms. The average Bonchev–Trinajstić information content (AvgIpc) is 3.35. The first-order valence-electron chi connectivity index (χ1n) is 9.75. The molecule has 2 fully saturated rings. The minimum absolute atomic E-state index is 0.0668. The highest BCUT2D eigenvalue weighted by molar-refractivity contribution is 5.96. The van der Waals surface area contributed by atoms with E-state index < -0.39 is 28.6 Å². The van der Waals surface area contributed by atoms with Gasteiger partial charge in [0.15, 0.2) is 13.2 Å². The third-order valence-corrected chi connectivity index (χ3v) is 5.89. The Morgan fingerprint density at radius 3 is 1.97 bits per heavy atom. The molecular weight excluding hydrogens is 374 g/mol. The van der Waals surface area contributed by atoms with Crippen LogP contribution in [-0.4, -0.2) is 48.7 Å². The molecule has 0 bridgehead atoms. The normalized spacial score (nSPS) is 20.7. The number of fused-ring (bicyclic) bond motifs is 1. The van der Waals surface area contributed by atoms with Crippen LogP contribution in [-0.2, 0) is 4.79 Å². The maximum atomic E-state index is 13.5. The Kier molecular flexibility index (Phi) is 5.46. The fraction of sp³-hybridized carbons (Fsp3) is 0.348. The van der Waals surface area contributed by atoms with Gasteiger partial charge in [-0.2, -0.15) is 4.48 Å². The van der Waals surface area contributed by atoms with E-state index in [2.05, 4.69) is 16.7 Å². The number of aliphatic hydroxyl groups excluding tert-OH is 1. The number of piperidine rings is 1. The summed E-state index contributed by atoms with van der Waals surface area (Å²) in [5.74, 6) is 6.50. The van der Waals surface area contributed by atoms with E-state index in [4.69, 9.17) is 0 Å². The largest absolute Gasteiger partial charge is 0.382 e. The Balaban J connectivity index is 1.67. The minimum atomic E-state index is -0.716. The molecule has 2 atom stereocenters. The molecule has 150 valence electrons. The summed E-state index contributed by atoms with van der Waals surface area (Å²) in [6, 6.07) is 11.1. The van der Waals surface area contributed by atoms with Crippen LogP contribution in [0.25, 0.3) is 0 Å². The van der Waals surface area contributed by atoms with Crippen LogP contribution in [0.2, 0.25) is 0 Å². The van der Waals surface area contributed by atoms with E-state index in [1.54, 1.807) is 0 Å². The van der Waals surface area contributed by atoms with E-state index in [1.807, 2.05) is 0 Å². The highest BCUT2D eigenvalue weighted by Crippen LogP contribution is 2.44. The molecule has 4 nitrogen and oxygen atoms in total. The van der Waals surface area contributed by atoms with Gasteiger partial charge in [0.05, 0.1) is 6.54 Å². The standard InChI is InChI=1S/C23H23F2N2O2/c24-19-3-7-21(8-4-19)27(23(29)16-28,22-9-5-20(25)6-10-22)12-2-1-11-26-14-17-13-18(17)15-26/h3-10,17-18,28H,11-16H2/q+1/t17-,18+. The van der Waals surface area contributed by atoms with E-state index in [1.165, 1.54) is 55.0 Å². The summed E-state index contributed by atoms with van der Waals surface area (Å²) in [4.78, 5) is 15.3. The molecule has 1 amide bonds. The van der Waals surface area contributed by atoms with Crippen molar-refractivity contribution in [1.82, 2.24) is 9.38 Å². The summed E-state index contributed by atoms with van der Waals surface area (Å²) in [6.07, 6.45) is 1.32. The number of amides is 1. The van der Waals surface area contributed by atoms with Gasteiger partial charge >= 0.3 is 5.91 Å². The lowest BCUT2D eigenvalue weighted by Crippen LogP contribution is -2.51. The molecule has 4 rings (SSSR count). The van der Waals surface area contributed by atoms with Gasteiger partial charge in [-0.1, -0.05) is 5.92 Å². The van der Waals surface area contributed by atoms with Crippen LogP contribution in [0.3, 0.4) is 0 Å². The van der Waals surface area contributed by atoms with Crippen LogP contribution in [0.4, 0.5) is 20.2 Å². The van der Waals surface area contributed by atoms with Gasteiger partial charge < -0.3 is 5.11 Å². The molecule has 2 aromatic rings. The van der Waals surface area contributed by atoms with E-state index in [0.29, 0.717) is 17.9 Å². The van der Waals surface area contributed by atoms with Crippen LogP contribution in [0.15, 0.2) is 48.5 Å². The molecule has 2 aromatic carbocycles. The lowest BCUT2D eigenvalue weighted by atomic mass is 10.1. The number of carbonyl (C=O) groups is 1. The third-order valence-electron chi connectivity index (χ3n) is 5.89. The van der Waals surface area contributed by atoms with Crippen LogP contribution in [0.5, 0.6) is 0 Å². The zero-order valence-electron chi connectivity index (χ0n) is 16.0. The number of nitrogens with zero attached hydrogens (tertiary/aromatic N) is 2. The number of rotatable bonds is 5. The van der Waals surface area contributed by atoms with Crippen molar-refractivity contribution in [2.24, 2.45) is 11.8 Å². The van der Waals surface area contributed by atoms with Crippen molar-refractivity contribution < 1.29 is 18.7 Å². The molecule has 1 saturated carbocycles. The fourth-order valence-corrected chi connectivity index (χ4v) is 4.19. The van der Waals surface area contributed by atoms with Gasteiger partial charge in [-0.3, -0.25) is 4.90 Å². The van der Waals surface area contributed by atoms with Crippen LogP contribution >= 0.6 is 0 Å². The molecule has 1 N–H and O–H groups in total. The molecule has 0 unspecified atom stereocenters. The Hall–Kier alpha value is -2.59. The van der Waals surface area contributed by atoms with Gasteiger partial charge in [0.1, 0.15) is 23.0 Å². The van der Waals surface area contributed by atoms with Crippen LogP contribution in [0.1, 0.15) is 6.42 Å². The average molecular weight is 397 g/mol. The Labute approximate surface area is 169 Å². The van der Waals surface area contributed by atoms with Gasteiger partial charge in [0.2, 0.25) is 0 Å². The van der Waals surface area contributed by atoms with E-state index in [-0.39, 0.29) is 6.54 Å². The van der Waals surface area contributed by atoms with Crippen molar-refractivity contribution in [1.29, 1.82) is 0 Å². The lowest BCUT2D eigenvalue weighted by molar-refractivity contribution is -0.130. The number of aliphatic hydroxyl groups is 1. The number of likely N-dealkylation sites (tertiary alicyclic amines) is 1. The fourth-order valence-electron chi connectivity index (χ4n) is 4.19. The topological polar surface area (TPSA) is 40.5 Å². The second kappa shape index (κ2) is 8.03. The predicted molar refractivity (Wildman–Crippen MR) is 107 cm³/mol. The quantitative estimate of drug-likeness (QED) is 0.623. The number of carbonyl (C=O) groups excluding carboxylic acids is 1. The first-order valence-corrected chi connectivity index (χ1v) is 9.75. The van der Waals surface area contributed by atoms with Crippen molar-refractivity contribution in [2.45, 2.75) is 6.42 Å². The molecule has 0 radical (unpaired) electrons. The molecule has 29 heavy (non-hydrogen) atoms. The zero-order valence-corrected chi connectivity index (χ0v) is 16.0. The summed E-state index contributed by atoms with van der Waals surface area (Å²) in [7, 11) is 0. The second-order valence-electron chi connectivity index (χ2n) is 7.78. The molecule has 2 aliphatic rings. The van der Waals surface area contributed by atoms with E-state index in [0.717, 1.165) is 24.9 Å². The number of quaternary nitrogens is 1. The molecule has 1 aliphatic carbocycles. The van der Waals surface area contributed by atoms with Crippen molar-refractivity contribution in [3.63, 3.8) is 0 Å². The summed E-state index contributed by atoms with van der Waals surface area (Å²) in [6.45, 7) is 2.13. The van der Waals surface area contributed by atoms with Gasteiger partial charge in [-0.25, -0.2) is 13.6 Å². The Morgan fingerprint density at radius 2 is 1.48 bits per heavy atom. The molecule has 0 aromatic heterocycles. The van der Waals surface area contributed by atoms with Gasteiger partial charge in [-0.05, 0) is 48.4 Å². The zero-order chi connectivity index (χ0) is 20.4. The summed E-state index contributed by atoms with van der Waals surface area (Å²) < 4.78 is 26.6.